The number of nitrogens with zero attached hydrogens (tertiary/aromatic N) is 4. The second-order valence-electron chi connectivity index (χ2n) is 8.99. The lowest BCUT2D eigenvalue weighted by Crippen LogP contribution is -2.43. The van der Waals surface area contributed by atoms with Crippen LogP contribution in [-0.2, 0) is 4.74 Å². The van der Waals surface area contributed by atoms with Crippen LogP contribution in [-0.4, -0.2) is 38.7 Å². The van der Waals surface area contributed by atoms with E-state index in [-0.39, 0.29) is 35.5 Å². The Balaban J connectivity index is 1.66. The van der Waals surface area contributed by atoms with Gasteiger partial charge >= 0.3 is 6.09 Å². The summed E-state index contributed by atoms with van der Waals surface area (Å²) >= 11 is 6.10. The van der Waals surface area contributed by atoms with Gasteiger partial charge in [-0.2, -0.15) is 15.0 Å². The lowest BCUT2D eigenvalue weighted by Gasteiger charge is -2.30. The van der Waals surface area contributed by atoms with Gasteiger partial charge in [-0.25, -0.2) is 9.69 Å². The van der Waals surface area contributed by atoms with Crippen molar-refractivity contribution in [2.24, 2.45) is 5.41 Å². The molecule has 2 N–H and O–H groups in total. The van der Waals surface area contributed by atoms with Crippen molar-refractivity contribution in [1.29, 1.82) is 0 Å². The van der Waals surface area contributed by atoms with Crippen LogP contribution in [0.4, 0.5) is 16.7 Å². The number of rotatable bonds is 4. The van der Waals surface area contributed by atoms with Crippen molar-refractivity contribution in [3.8, 4) is 0 Å². The maximum atomic E-state index is 12.6. The molecule has 1 aliphatic heterocycles. The van der Waals surface area contributed by atoms with Gasteiger partial charge in [0.05, 0.1) is 12.1 Å². The molecule has 2 atom stereocenters. The third kappa shape index (κ3) is 4.25. The highest BCUT2D eigenvalue weighted by Crippen LogP contribution is 2.32. The second kappa shape index (κ2) is 8.05. The summed E-state index contributed by atoms with van der Waals surface area (Å²) < 4.78 is 5.27. The molecule has 0 radical (unpaired) electrons. The summed E-state index contributed by atoms with van der Waals surface area (Å²) in [6, 6.07) is 6.45. The molecule has 168 valence electrons. The minimum atomic E-state index is -0.489. The van der Waals surface area contributed by atoms with Crippen LogP contribution in [0.2, 0.25) is 5.02 Å². The molecule has 1 amide bonds. The van der Waals surface area contributed by atoms with Crippen LogP contribution in [0.15, 0.2) is 29.1 Å². The molecular weight excluding hydrogens is 432 g/mol. The highest BCUT2D eigenvalue weighted by atomic mass is 35.5. The number of ether oxygens (including phenoxy) is 1. The van der Waals surface area contributed by atoms with E-state index >= 15 is 0 Å². The summed E-state index contributed by atoms with van der Waals surface area (Å²) in [5.74, 6) is 0.919. The van der Waals surface area contributed by atoms with Crippen LogP contribution < -0.4 is 15.8 Å². The zero-order valence-corrected chi connectivity index (χ0v) is 19.3. The number of aryl methyl sites for hydroxylation is 1. The minimum absolute atomic E-state index is 0.213. The molecule has 1 fully saturated rings. The van der Waals surface area contributed by atoms with Crippen LogP contribution in [0.5, 0.6) is 0 Å². The number of pyridine rings is 1. The molecule has 3 heterocycles. The molecule has 0 aliphatic carbocycles. The lowest BCUT2D eigenvalue weighted by atomic mass is 9.87. The van der Waals surface area contributed by atoms with E-state index in [4.69, 9.17) is 16.3 Å². The predicted molar refractivity (Wildman–Crippen MR) is 123 cm³/mol. The fourth-order valence-corrected chi connectivity index (χ4v) is 3.89. The highest BCUT2D eigenvalue weighted by molar-refractivity contribution is 6.31. The van der Waals surface area contributed by atoms with Crippen LogP contribution >= 0.6 is 11.6 Å². The molecule has 0 saturated carbocycles. The van der Waals surface area contributed by atoms with E-state index in [0.717, 1.165) is 5.39 Å². The summed E-state index contributed by atoms with van der Waals surface area (Å²) in [6.45, 7) is 9.91. The Bertz CT molecular complexity index is 1250. The second-order valence-corrected chi connectivity index (χ2v) is 9.42. The number of nitrogens with one attached hydrogen (secondary N) is 2. The lowest BCUT2D eigenvalue weighted by molar-refractivity contribution is 0.172. The van der Waals surface area contributed by atoms with Crippen LogP contribution in [0.25, 0.3) is 10.9 Å². The fraction of sp³-hybridized carbons (Fsp3) is 0.409. The number of anilines is 2. The van der Waals surface area contributed by atoms with Crippen molar-refractivity contribution in [2.45, 2.75) is 46.7 Å². The van der Waals surface area contributed by atoms with E-state index in [1.165, 1.54) is 4.90 Å². The molecule has 9 nitrogen and oxygen atoms in total. The first kappa shape index (κ1) is 22.0. The summed E-state index contributed by atoms with van der Waals surface area (Å²) in [4.78, 5) is 42.6. The number of hydrogen-bond donors (Lipinski definition) is 2. The van der Waals surface area contributed by atoms with Crippen LogP contribution in [0.3, 0.4) is 0 Å². The van der Waals surface area contributed by atoms with E-state index in [2.05, 4.69) is 25.3 Å². The quantitative estimate of drug-likeness (QED) is 0.604. The Labute approximate surface area is 190 Å². The minimum Gasteiger partial charge on any atom is -0.447 e. The third-order valence-electron chi connectivity index (χ3n) is 5.47. The molecule has 1 saturated heterocycles. The molecule has 1 aromatic carbocycles. The van der Waals surface area contributed by atoms with Crippen molar-refractivity contribution in [1.82, 2.24) is 19.9 Å². The van der Waals surface area contributed by atoms with Gasteiger partial charge < -0.3 is 15.0 Å². The molecule has 1 unspecified atom stereocenters. The van der Waals surface area contributed by atoms with Gasteiger partial charge in [0.2, 0.25) is 11.9 Å². The van der Waals surface area contributed by atoms with E-state index in [1.54, 1.807) is 31.2 Å². The van der Waals surface area contributed by atoms with Crippen molar-refractivity contribution in [2.75, 3.05) is 16.8 Å². The van der Waals surface area contributed by atoms with Crippen molar-refractivity contribution in [3.63, 3.8) is 0 Å². The van der Waals surface area contributed by atoms with Gasteiger partial charge in [0.15, 0.2) is 0 Å². The molecule has 0 spiro atoms. The summed E-state index contributed by atoms with van der Waals surface area (Å²) in [5, 5.41) is 4.56. The summed E-state index contributed by atoms with van der Waals surface area (Å²) in [7, 11) is 0. The molecule has 3 aromatic rings. The average molecular weight is 457 g/mol. The van der Waals surface area contributed by atoms with Crippen LogP contribution in [0.1, 0.15) is 45.1 Å². The number of carbonyl (C=O) groups is 1. The number of carbonyl (C=O) groups excluding carboxylic acids is 1. The third-order valence-corrected chi connectivity index (χ3v) is 5.71. The topological polar surface area (TPSA) is 113 Å². The maximum Gasteiger partial charge on any atom is 0.417 e. The number of aromatic nitrogens is 4. The molecular formula is C22H25ClN6O3. The molecule has 10 heteroatoms. The fourth-order valence-electron chi connectivity index (χ4n) is 3.71. The van der Waals surface area contributed by atoms with Gasteiger partial charge in [-0.15, -0.1) is 0 Å². The predicted octanol–water partition coefficient (Wildman–Crippen LogP) is 4.22. The molecule has 32 heavy (non-hydrogen) atoms. The SMILES string of the molecule is Cc1nc(N[C@@H](C)c2cc3cc(Cl)ccc3[nH]c2=O)nc(N2C(=O)OCC2C(C)(C)C)n1. The molecule has 4 rings (SSSR count). The highest BCUT2D eigenvalue weighted by Gasteiger charge is 2.43. The Hall–Kier alpha value is -3.20. The van der Waals surface area contributed by atoms with E-state index < -0.39 is 12.1 Å². The Kier molecular flexibility index (Phi) is 5.54. The van der Waals surface area contributed by atoms with Crippen molar-refractivity contribution in [3.05, 3.63) is 51.0 Å². The molecule has 0 bridgehead atoms. The van der Waals surface area contributed by atoms with Gasteiger partial charge in [0.25, 0.3) is 5.56 Å². The van der Waals surface area contributed by atoms with Crippen molar-refractivity contribution < 1.29 is 9.53 Å². The van der Waals surface area contributed by atoms with Gasteiger partial charge in [-0.3, -0.25) is 4.79 Å². The number of amides is 1. The number of H-pyrrole nitrogens is 1. The molecule has 1 aliphatic rings. The number of fused-ring (bicyclic) bond motifs is 1. The van der Waals surface area contributed by atoms with Crippen molar-refractivity contribution >= 4 is 40.5 Å². The van der Waals surface area contributed by atoms with Gasteiger partial charge in [0.1, 0.15) is 12.4 Å². The van der Waals surface area contributed by atoms with Gasteiger partial charge in [0, 0.05) is 21.5 Å². The monoisotopic (exact) mass is 456 g/mol. The van der Waals surface area contributed by atoms with E-state index in [1.807, 2.05) is 27.7 Å². The smallest absolute Gasteiger partial charge is 0.417 e. The Morgan fingerprint density at radius 1 is 1.22 bits per heavy atom. The number of hydrogen-bond acceptors (Lipinski definition) is 7. The van der Waals surface area contributed by atoms with Crippen LogP contribution in [0, 0.1) is 12.3 Å². The maximum absolute atomic E-state index is 12.6. The first-order valence-corrected chi connectivity index (χ1v) is 10.7. The zero-order valence-electron chi connectivity index (χ0n) is 18.6. The number of aromatic amines is 1. The normalized spacial score (nSPS) is 17.5. The summed E-state index contributed by atoms with van der Waals surface area (Å²) in [6.07, 6.45) is -0.489. The molecule has 2 aromatic heterocycles. The largest absolute Gasteiger partial charge is 0.447 e. The standard InChI is InChI=1S/C22H25ClN6O3/c1-11(15-9-13-8-14(23)6-7-16(13)27-18(15)30)24-19-25-12(2)26-20(28-19)29-17(22(3,4)5)10-32-21(29)31/h6-9,11,17H,10H2,1-5H3,(H,27,30)(H,24,25,26,28)/t11-,17?/m0/s1. The zero-order chi connectivity index (χ0) is 23.2. The van der Waals surface area contributed by atoms with E-state index in [0.29, 0.717) is 21.9 Å². The van der Waals surface area contributed by atoms with E-state index in [9.17, 15) is 9.59 Å². The number of benzene rings is 1. The Morgan fingerprint density at radius 3 is 2.69 bits per heavy atom. The van der Waals surface area contributed by atoms with Gasteiger partial charge in [-0.05, 0) is 43.5 Å². The average Bonchev–Trinajstić information content (AvgIpc) is 3.09. The first-order valence-electron chi connectivity index (χ1n) is 10.3. The summed E-state index contributed by atoms with van der Waals surface area (Å²) in [5.41, 5.74) is 0.761. The number of cyclic esters (lactones) is 1. The number of halogens is 1. The first-order chi connectivity index (χ1) is 15.0. The Morgan fingerprint density at radius 2 is 1.97 bits per heavy atom. The van der Waals surface area contributed by atoms with Gasteiger partial charge in [-0.1, -0.05) is 32.4 Å².